The molecule has 0 aromatic heterocycles. The van der Waals surface area contributed by atoms with Crippen LogP contribution in [0.2, 0.25) is 0 Å². The summed E-state index contributed by atoms with van der Waals surface area (Å²) in [4.78, 5) is 14.3. The summed E-state index contributed by atoms with van der Waals surface area (Å²) in [6.45, 7) is 4.94. The van der Waals surface area contributed by atoms with Gasteiger partial charge in [0.05, 0.1) is 31.0 Å². The van der Waals surface area contributed by atoms with Crippen LogP contribution in [-0.2, 0) is 9.47 Å². The molecule has 22 heavy (non-hydrogen) atoms. The Hall–Kier alpha value is -1.66. The van der Waals surface area contributed by atoms with Crippen LogP contribution in [0, 0.1) is 5.82 Å². The van der Waals surface area contributed by atoms with E-state index in [9.17, 15) is 9.18 Å². The second kappa shape index (κ2) is 6.62. The first-order valence-corrected chi connectivity index (χ1v) is 7.16. The van der Waals surface area contributed by atoms with E-state index in [0.29, 0.717) is 19.7 Å². The van der Waals surface area contributed by atoms with Gasteiger partial charge in [-0.2, -0.15) is 0 Å². The maximum Gasteiger partial charge on any atom is 0.257 e. The van der Waals surface area contributed by atoms with Crippen LogP contribution in [0.15, 0.2) is 18.2 Å². The van der Waals surface area contributed by atoms with E-state index in [4.69, 9.17) is 14.2 Å². The Balaban J connectivity index is 2.24. The fourth-order valence-electron chi connectivity index (χ4n) is 2.73. The van der Waals surface area contributed by atoms with Crippen molar-refractivity contribution < 1.29 is 23.4 Å². The third kappa shape index (κ3) is 3.56. The Labute approximate surface area is 130 Å². The quantitative estimate of drug-likeness (QED) is 0.854. The van der Waals surface area contributed by atoms with Crippen molar-refractivity contribution in [1.29, 1.82) is 0 Å². The average Bonchev–Trinajstić information content (AvgIpc) is 2.45. The molecular formula is C16H22FNO4. The lowest BCUT2D eigenvalue weighted by Crippen LogP contribution is -2.55. The molecule has 1 aromatic carbocycles. The zero-order valence-electron chi connectivity index (χ0n) is 13.4. The number of carbonyl (C=O) groups excluding carboxylic acids is 1. The standard InChI is InChI=1S/C16H22FNO4/c1-16(2)10-18(8-11(22-16)9-20-3)15(19)12-6-5-7-13(21-4)14(12)17/h5-7,11H,8-10H2,1-4H3. The number of amides is 1. The third-order valence-corrected chi connectivity index (χ3v) is 3.53. The molecule has 1 aliphatic heterocycles. The van der Waals surface area contributed by atoms with E-state index in [0.717, 1.165) is 0 Å². The van der Waals surface area contributed by atoms with Gasteiger partial charge >= 0.3 is 0 Å². The van der Waals surface area contributed by atoms with Gasteiger partial charge in [-0.05, 0) is 26.0 Å². The van der Waals surface area contributed by atoms with Crippen LogP contribution < -0.4 is 4.74 Å². The first-order valence-electron chi connectivity index (χ1n) is 7.16. The van der Waals surface area contributed by atoms with Crippen molar-refractivity contribution in [1.82, 2.24) is 4.90 Å². The predicted octanol–water partition coefficient (Wildman–Crippen LogP) is 2.10. The second-order valence-electron chi connectivity index (χ2n) is 5.96. The number of morpholine rings is 1. The molecule has 1 heterocycles. The van der Waals surface area contributed by atoms with E-state index in [1.807, 2.05) is 13.8 Å². The fraction of sp³-hybridized carbons (Fsp3) is 0.562. The Morgan fingerprint density at radius 3 is 2.82 bits per heavy atom. The number of hydrogen-bond acceptors (Lipinski definition) is 4. The van der Waals surface area contributed by atoms with E-state index in [1.54, 1.807) is 18.1 Å². The summed E-state index contributed by atoms with van der Waals surface area (Å²) in [6.07, 6.45) is -0.230. The molecule has 0 aliphatic carbocycles. The molecule has 0 radical (unpaired) electrons. The van der Waals surface area contributed by atoms with E-state index in [2.05, 4.69) is 0 Å². The van der Waals surface area contributed by atoms with Gasteiger partial charge in [-0.1, -0.05) is 6.07 Å². The van der Waals surface area contributed by atoms with Gasteiger partial charge in [-0.15, -0.1) is 0 Å². The molecule has 1 aliphatic rings. The van der Waals surface area contributed by atoms with Crippen LogP contribution in [0.1, 0.15) is 24.2 Å². The van der Waals surface area contributed by atoms with E-state index < -0.39 is 11.4 Å². The van der Waals surface area contributed by atoms with Gasteiger partial charge in [0.1, 0.15) is 0 Å². The van der Waals surface area contributed by atoms with Crippen molar-refractivity contribution in [2.75, 3.05) is 33.9 Å². The molecule has 0 bridgehead atoms. The average molecular weight is 311 g/mol. The minimum Gasteiger partial charge on any atom is -0.494 e. The van der Waals surface area contributed by atoms with Crippen LogP contribution in [0.25, 0.3) is 0 Å². The van der Waals surface area contributed by atoms with Gasteiger partial charge < -0.3 is 19.1 Å². The van der Waals surface area contributed by atoms with Crippen molar-refractivity contribution in [3.63, 3.8) is 0 Å². The summed E-state index contributed by atoms with van der Waals surface area (Å²) in [6, 6.07) is 4.56. The molecule has 2 rings (SSSR count). The maximum absolute atomic E-state index is 14.3. The number of rotatable bonds is 4. The number of hydrogen-bond donors (Lipinski definition) is 0. The summed E-state index contributed by atoms with van der Waals surface area (Å²) in [5, 5.41) is 0. The zero-order chi connectivity index (χ0) is 16.3. The second-order valence-corrected chi connectivity index (χ2v) is 5.96. The highest BCUT2D eigenvalue weighted by molar-refractivity contribution is 5.95. The van der Waals surface area contributed by atoms with Gasteiger partial charge in [0.25, 0.3) is 5.91 Å². The monoisotopic (exact) mass is 311 g/mol. The molecule has 0 N–H and O–H groups in total. The largest absolute Gasteiger partial charge is 0.494 e. The van der Waals surface area contributed by atoms with Crippen LogP contribution in [0.3, 0.4) is 0 Å². The highest BCUT2D eigenvalue weighted by Gasteiger charge is 2.36. The first kappa shape index (κ1) is 16.7. The minimum atomic E-state index is -0.636. The number of methoxy groups -OCH3 is 2. The molecule has 1 aromatic rings. The first-order chi connectivity index (χ1) is 10.4. The molecule has 0 saturated carbocycles. The lowest BCUT2D eigenvalue weighted by Gasteiger charge is -2.42. The molecule has 1 fully saturated rings. The topological polar surface area (TPSA) is 48.0 Å². The van der Waals surface area contributed by atoms with Crippen molar-refractivity contribution in [2.45, 2.75) is 25.6 Å². The van der Waals surface area contributed by atoms with Crippen LogP contribution in [0.5, 0.6) is 5.75 Å². The predicted molar refractivity (Wildman–Crippen MR) is 79.7 cm³/mol. The molecule has 6 heteroatoms. The summed E-state index contributed by atoms with van der Waals surface area (Å²) in [7, 11) is 2.96. The molecular weight excluding hydrogens is 289 g/mol. The van der Waals surface area contributed by atoms with Crippen LogP contribution in [-0.4, -0.2) is 56.4 Å². The highest BCUT2D eigenvalue weighted by Crippen LogP contribution is 2.26. The van der Waals surface area contributed by atoms with Gasteiger partial charge in [0, 0.05) is 20.2 Å². The summed E-state index contributed by atoms with van der Waals surface area (Å²) in [5.41, 5.74) is -0.500. The van der Waals surface area contributed by atoms with Crippen LogP contribution >= 0.6 is 0 Å². The number of nitrogens with zero attached hydrogens (tertiary/aromatic N) is 1. The lowest BCUT2D eigenvalue weighted by atomic mass is 10.0. The van der Waals surface area contributed by atoms with Crippen molar-refractivity contribution in [3.05, 3.63) is 29.6 Å². The third-order valence-electron chi connectivity index (χ3n) is 3.53. The van der Waals surface area contributed by atoms with Gasteiger partial charge in [-0.3, -0.25) is 4.79 Å². The molecule has 1 amide bonds. The Bertz CT molecular complexity index is 547. The van der Waals surface area contributed by atoms with Gasteiger partial charge in [0.2, 0.25) is 0 Å². The SMILES string of the molecule is COCC1CN(C(=O)c2cccc(OC)c2F)CC(C)(C)O1. The normalized spacial score (nSPS) is 20.8. The summed E-state index contributed by atoms with van der Waals surface area (Å²) < 4.78 is 30.2. The van der Waals surface area contributed by atoms with E-state index >= 15 is 0 Å². The molecule has 1 atom stereocenters. The number of carbonyl (C=O) groups is 1. The maximum atomic E-state index is 14.3. The van der Waals surface area contributed by atoms with Gasteiger partial charge in [0.15, 0.2) is 11.6 Å². The van der Waals surface area contributed by atoms with Crippen LogP contribution in [0.4, 0.5) is 4.39 Å². The number of benzene rings is 1. The lowest BCUT2D eigenvalue weighted by molar-refractivity contribution is -0.143. The molecule has 1 saturated heterocycles. The smallest absolute Gasteiger partial charge is 0.257 e. The number of ether oxygens (including phenoxy) is 3. The Morgan fingerprint density at radius 2 is 2.18 bits per heavy atom. The molecule has 0 spiro atoms. The van der Waals surface area contributed by atoms with Crippen molar-refractivity contribution >= 4 is 5.91 Å². The Kier molecular flexibility index (Phi) is 5.03. The summed E-state index contributed by atoms with van der Waals surface area (Å²) >= 11 is 0. The Morgan fingerprint density at radius 1 is 1.45 bits per heavy atom. The molecule has 1 unspecified atom stereocenters. The fourth-order valence-corrected chi connectivity index (χ4v) is 2.73. The van der Waals surface area contributed by atoms with E-state index in [1.165, 1.54) is 19.2 Å². The summed E-state index contributed by atoms with van der Waals surface area (Å²) in [5.74, 6) is -0.941. The number of halogens is 1. The van der Waals surface area contributed by atoms with E-state index in [-0.39, 0.29) is 23.3 Å². The van der Waals surface area contributed by atoms with Crippen molar-refractivity contribution in [3.8, 4) is 5.75 Å². The molecule has 5 nitrogen and oxygen atoms in total. The zero-order valence-corrected chi connectivity index (χ0v) is 13.4. The minimum absolute atomic E-state index is 0.00761. The van der Waals surface area contributed by atoms with Gasteiger partial charge in [-0.25, -0.2) is 4.39 Å². The molecule has 122 valence electrons. The van der Waals surface area contributed by atoms with Crippen molar-refractivity contribution in [2.24, 2.45) is 0 Å². The highest BCUT2D eigenvalue weighted by atomic mass is 19.1.